The maximum Gasteiger partial charge on any atom is 0.417 e. The third-order valence-corrected chi connectivity index (χ3v) is 5.24. The van der Waals surface area contributed by atoms with Crippen LogP contribution in [-0.2, 0) is 12.7 Å². The number of rotatable bonds is 4. The Kier molecular flexibility index (Phi) is 5.61. The van der Waals surface area contributed by atoms with Gasteiger partial charge in [-0.3, -0.25) is 10.00 Å². The highest BCUT2D eigenvalue weighted by Gasteiger charge is 2.31. The van der Waals surface area contributed by atoms with Crippen LogP contribution in [0.3, 0.4) is 0 Å². The van der Waals surface area contributed by atoms with Crippen LogP contribution in [0.4, 0.5) is 23.4 Å². The molecule has 0 amide bonds. The van der Waals surface area contributed by atoms with Crippen molar-refractivity contribution in [2.75, 3.05) is 31.1 Å². The lowest BCUT2D eigenvalue weighted by Crippen LogP contribution is -2.46. The van der Waals surface area contributed by atoms with Crippen molar-refractivity contribution in [1.82, 2.24) is 20.1 Å². The highest BCUT2D eigenvalue weighted by Crippen LogP contribution is 2.30. The van der Waals surface area contributed by atoms with Gasteiger partial charge in [-0.1, -0.05) is 0 Å². The minimum atomic E-state index is -4.40. The van der Waals surface area contributed by atoms with Gasteiger partial charge in [-0.25, -0.2) is 9.37 Å². The van der Waals surface area contributed by atoms with Crippen LogP contribution in [0, 0.1) is 17.1 Å². The summed E-state index contributed by atoms with van der Waals surface area (Å²) in [6, 6.07) is 8.59. The zero-order valence-corrected chi connectivity index (χ0v) is 16.3. The van der Waals surface area contributed by atoms with Gasteiger partial charge in [0.1, 0.15) is 17.7 Å². The number of hydrogen-bond donors (Lipinski definition) is 1. The van der Waals surface area contributed by atoms with Crippen LogP contribution < -0.4 is 4.90 Å². The molecule has 0 aliphatic carbocycles. The molecule has 1 aromatic carbocycles. The minimum Gasteiger partial charge on any atom is -0.354 e. The summed E-state index contributed by atoms with van der Waals surface area (Å²) in [5.74, 6) is -0.0525. The highest BCUT2D eigenvalue weighted by molar-refractivity contribution is 5.64. The second kappa shape index (κ2) is 8.35. The Hall–Kier alpha value is -3.45. The van der Waals surface area contributed by atoms with Gasteiger partial charge in [0, 0.05) is 56.2 Å². The van der Waals surface area contributed by atoms with Crippen LogP contribution in [0.2, 0.25) is 0 Å². The van der Waals surface area contributed by atoms with Gasteiger partial charge in [-0.2, -0.15) is 23.5 Å². The molecule has 3 aromatic rings. The van der Waals surface area contributed by atoms with E-state index >= 15 is 0 Å². The summed E-state index contributed by atoms with van der Waals surface area (Å²) >= 11 is 0. The van der Waals surface area contributed by atoms with E-state index in [0.29, 0.717) is 49.8 Å². The van der Waals surface area contributed by atoms with Gasteiger partial charge >= 0.3 is 6.18 Å². The molecule has 1 N–H and O–H groups in total. The first-order valence-corrected chi connectivity index (χ1v) is 9.58. The van der Waals surface area contributed by atoms with Gasteiger partial charge in [0.15, 0.2) is 0 Å². The van der Waals surface area contributed by atoms with Crippen LogP contribution in [0.15, 0.2) is 42.7 Å². The van der Waals surface area contributed by atoms with Gasteiger partial charge in [0.05, 0.1) is 16.8 Å². The van der Waals surface area contributed by atoms with Crippen LogP contribution in [0.1, 0.15) is 16.7 Å². The maximum atomic E-state index is 13.6. The standard InChI is InChI=1S/C21H18F4N6/c22-18-3-1-14(9-15(18)10-26)20-16(11-28-29-20)13-30-5-7-31(8-6-30)19-4-2-17(12-27-19)21(23,24)25/h1-4,9,11-12H,5-8,13H2,(H,28,29). The number of alkyl halides is 3. The number of benzene rings is 1. The summed E-state index contributed by atoms with van der Waals surface area (Å²) in [5.41, 5.74) is 1.42. The van der Waals surface area contributed by atoms with E-state index in [1.165, 1.54) is 18.2 Å². The van der Waals surface area contributed by atoms with Crippen molar-refractivity contribution in [2.45, 2.75) is 12.7 Å². The van der Waals surface area contributed by atoms with Crippen molar-refractivity contribution >= 4 is 5.82 Å². The van der Waals surface area contributed by atoms with E-state index in [-0.39, 0.29) is 5.56 Å². The van der Waals surface area contributed by atoms with Gasteiger partial charge in [-0.05, 0) is 30.3 Å². The highest BCUT2D eigenvalue weighted by atomic mass is 19.4. The number of hydrogen-bond acceptors (Lipinski definition) is 5. The Labute approximate surface area is 175 Å². The van der Waals surface area contributed by atoms with Gasteiger partial charge in [0.2, 0.25) is 0 Å². The van der Waals surface area contributed by atoms with E-state index in [0.717, 1.165) is 17.8 Å². The number of nitrogens with one attached hydrogen (secondary N) is 1. The molecule has 10 heteroatoms. The number of H-pyrrole nitrogens is 1. The molecule has 0 unspecified atom stereocenters. The lowest BCUT2D eigenvalue weighted by atomic mass is 10.0. The molecule has 0 spiro atoms. The number of pyridine rings is 1. The Morgan fingerprint density at radius 2 is 1.87 bits per heavy atom. The summed E-state index contributed by atoms with van der Waals surface area (Å²) in [7, 11) is 0. The number of aromatic nitrogens is 3. The zero-order chi connectivity index (χ0) is 22.0. The van der Waals surface area contributed by atoms with E-state index in [1.807, 2.05) is 11.0 Å². The number of anilines is 1. The molecule has 31 heavy (non-hydrogen) atoms. The molecule has 0 bridgehead atoms. The number of nitrogens with zero attached hydrogens (tertiary/aromatic N) is 5. The van der Waals surface area contributed by atoms with Crippen molar-refractivity contribution in [1.29, 1.82) is 5.26 Å². The fraction of sp³-hybridized carbons (Fsp3) is 0.286. The Morgan fingerprint density at radius 3 is 2.52 bits per heavy atom. The van der Waals surface area contributed by atoms with E-state index in [1.54, 1.807) is 12.3 Å². The lowest BCUT2D eigenvalue weighted by Gasteiger charge is -2.35. The Bertz CT molecular complexity index is 1090. The molecule has 1 fully saturated rings. The number of piperazine rings is 1. The van der Waals surface area contributed by atoms with Crippen LogP contribution in [-0.4, -0.2) is 46.3 Å². The molecule has 160 valence electrons. The molecular weight excluding hydrogens is 412 g/mol. The van der Waals surface area contributed by atoms with Crippen molar-refractivity contribution in [3.8, 4) is 17.3 Å². The van der Waals surface area contributed by atoms with Crippen molar-refractivity contribution in [2.24, 2.45) is 0 Å². The monoisotopic (exact) mass is 430 g/mol. The molecule has 2 aromatic heterocycles. The Balaban J connectivity index is 1.40. The zero-order valence-electron chi connectivity index (χ0n) is 16.3. The smallest absolute Gasteiger partial charge is 0.354 e. The number of aromatic amines is 1. The fourth-order valence-electron chi connectivity index (χ4n) is 3.56. The second-order valence-electron chi connectivity index (χ2n) is 7.23. The molecule has 6 nitrogen and oxygen atoms in total. The van der Waals surface area contributed by atoms with Crippen LogP contribution in [0.25, 0.3) is 11.3 Å². The van der Waals surface area contributed by atoms with Crippen molar-refractivity contribution in [3.63, 3.8) is 0 Å². The van der Waals surface area contributed by atoms with Gasteiger partial charge in [0.25, 0.3) is 0 Å². The van der Waals surface area contributed by atoms with E-state index < -0.39 is 17.6 Å². The first kappa shape index (κ1) is 20.8. The van der Waals surface area contributed by atoms with E-state index in [2.05, 4.69) is 20.1 Å². The molecule has 3 heterocycles. The van der Waals surface area contributed by atoms with Gasteiger partial charge in [-0.15, -0.1) is 0 Å². The predicted octanol–water partition coefficient (Wildman–Crippen LogP) is 3.82. The fourth-order valence-corrected chi connectivity index (χ4v) is 3.56. The minimum absolute atomic E-state index is 0.0379. The summed E-state index contributed by atoms with van der Waals surface area (Å²) in [4.78, 5) is 8.11. The normalized spacial score (nSPS) is 15.1. The molecular formula is C21H18F4N6. The molecule has 0 atom stereocenters. The summed E-state index contributed by atoms with van der Waals surface area (Å²) < 4.78 is 51.7. The molecule has 0 radical (unpaired) electrons. The van der Waals surface area contributed by atoms with Crippen LogP contribution in [0.5, 0.6) is 0 Å². The molecule has 4 rings (SSSR count). The summed E-state index contributed by atoms with van der Waals surface area (Å²) in [5, 5.41) is 16.1. The first-order chi connectivity index (χ1) is 14.8. The largest absolute Gasteiger partial charge is 0.417 e. The summed E-state index contributed by atoms with van der Waals surface area (Å²) in [6.07, 6.45) is -1.77. The number of halogens is 4. The first-order valence-electron chi connectivity index (χ1n) is 9.58. The number of nitriles is 1. The Morgan fingerprint density at radius 1 is 1.10 bits per heavy atom. The van der Waals surface area contributed by atoms with E-state index in [4.69, 9.17) is 5.26 Å². The van der Waals surface area contributed by atoms with Crippen molar-refractivity contribution in [3.05, 3.63) is 65.2 Å². The summed E-state index contributed by atoms with van der Waals surface area (Å²) in [6.45, 7) is 3.24. The third-order valence-electron chi connectivity index (χ3n) is 5.24. The average Bonchev–Trinajstić information content (AvgIpc) is 3.22. The maximum absolute atomic E-state index is 13.6. The van der Waals surface area contributed by atoms with Crippen LogP contribution >= 0.6 is 0 Å². The van der Waals surface area contributed by atoms with E-state index in [9.17, 15) is 17.6 Å². The third kappa shape index (κ3) is 4.51. The van der Waals surface area contributed by atoms with Gasteiger partial charge < -0.3 is 4.90 Å². The topological polar surface area (TPSA) is 71.8 Å². The predicted molar refractivity (Wildman–Crippen MR) is 105 cm³/mol. The quantitative estimate of drug-likeness (QED) is 0.637. The molecule has 1 aliphatic rings. The second-order valence-corrected chi connectivity index (χ2v) is 7.23. The SMILES string of the molecule is N#Cc1cc(-c2n[nH]cc2CN2CCN(c3ccc(C(F)(F)F)cn3)CC2)ccc1F. The van der Waals surface area contributed by atoms with Crippen molar-refractivity contribution < 1.29 is 17.6 Å². The molecule has 1 saturated heterocycles. The molecule has 0 saturated carbocycles. The molecule has 1 aliphatic heterocycles. The average molecular weight is 430 g/mol. The lowest BCUT2D eigenvalue weighted by molar-refractivity contribution is -0.137.